The molecule has 1 aromatic carbocycles. The molecule has 0 unspecified atom stereocenters. The summed E-state index contributed by atoms with van der Waals surface area (Å²) in [5.41, 5.74) is 9.64. The zero-order chi connectivity index (χ0) is 13.3. The minimum Gasteiger partial charge on any atom is -0.383 e. The van der Waals surface area contributed by atoms with Crippen molar-refractivity contribution in [2.24, 2.45) is 0 Å². The first-order valence-electron chi connectivity index (χ1n) is 6.62. The van der Waals surface area contributed by atoms with Crippen molar-refractivity contribution in [3.05, 3.63) is 35.4 Å². The van der Waals surface area contributed by atoms with Crippen molar-refractivity contribution >= 4 is 16.7 Å². The zero-order valence-electron chi connectivity index (χ0n) is 11.7. The summed E-state index contributed by atoms with van der Waals surface area (Å²) in [4.78, 5) is 4.64. The van der Waals surface area contributed by atoms with Crippen LogP contribution in [0.2, 0.25) is 0 Å². The van der Waals surface area contributed by atoms with Gasteiger partial charge in [-0.1, -0.05) is 52.3 Å². The Labute approximate surface area is 109 Å². The number of aromatic nitrogens is 1. The van der Waals surface area contributed by atoms with Gasteiger partial charge in [0.2, 0.25) is 0 Å². The molecular weight excluding hydrogens is 220 g/mol. The smallest absolute Gasteiger partial charge is 0.127 e. The molecule has 0 aliphatic rings. The van der Waals surface area contributed by atoms with Crippen LogP contribution in [-0.4, -0.2) is 4.98 Å². The van der Waals surface area contributed by atoms with Crippen LogP contribution >= 0.6 is 0 Å². The molecule has 0 aliphatic heterocycles. The minimum atomic E-state index is 0.0338. The Balaban J connectivity index is 2.67. The van der Waals surface area contributed by atoms with E-state index in [2.05, 4.69) is 56.9 Å². The van der Waals surface area contributed by atoms with Crippen molar-refractivity contribution in [2.75, 3.05) is 5.73 Å². The molecule has 0 saturated carbocycles. The van der Waals surface area contributed by atoms with E-state index in [1.165, 1.54) is 10.9 Å². The number of rotatable bonds is 2. The van der Waals surface area contributed by atoms with E-state index in [0.29, 0.717) is 5.82 Å². The van der Waals surface area contributed by atoms with E-state index in [0.717, 1.165) is 23.9 Å². The number of anilines is 1. The summed E-state index contributed by atoms with van der Waals surface area (Å²) in [7, 11) is 0. The van der Waals surface area contributed by atoms with Gasteiger partial charge in [0.1, 0.15) is 5.82 Å². The predicted molar refractivity (Wildman–Crippen MR) is 78.9 cm³/mol. The second-order valence-corrected chi connectivity index (χ2v) is 5.91. The maximum Gasteiger partial charge on any atom is 0.127 e. The summed E-state index contributed by atoms with van der Waals surface area (Å²) in [5, 5.41) is 1.19. The molecule has 2 heteroatoms. The average Bonchev–Trinajstić information content (AvgIpc) is 2.28. The normalized spacial score (nSPS) is 12.0. The van der Waals surface area contributed by atoms with Gasteiger partial charge in [-0.3, -0.25) is 0 Å². The van der Waals surface area contributed by atoms with E-state index >= 15 is 0 Å². The molecule has 2 N–H and O–H groups in total. The van der Waals surface area contributed by atoms with Crippen molar-refractivity contribution in [3.8, 4) is 0 Å². The third-order valence-electron chi connectivity index (χ3n) is 3.29. The predicted octanol–water partition coefficient (Wildman–Crippen LogP) is 4.07. The fourth-order valence-electron chi connectivity index (χ4n) is 2.35. The Kier molecular flexibility index (Phi) is 3.29. The topological polar surface area (TPSA) is 38.9 Å². The number of para-hydroxylation sites is 1. The molecule has 0 bridgehead atoms. The van der Waals surface area contributed by atoms with Gasteiger partial charge in [0, 0.05) is 10.9 Å². The Morgan fingerprint density at radius 3 is 2.56 bits per heavy atom. The van der Waals surface area contributed by atoms with Crippen LogP contribution in [0.1, 0.15) is 45.2 Å². The highest BCUT2D eigenvalue weighted by Gasteiger charge is 2.19. The first-order valence-corrected chi connectivity index (χ1v) is 6.62. The minimum absolute atomic E-state index is 0.0338. The van der Waals surface area contributed by atoms with Crippen molar-refractivity contribution < 1.29 is 0 Å². The number of benzene rings is 1. The zero-order valence-corrected chi connectivity index (χ0v) is 11.7. The van der Waals surface area contributed by atoms with E-state index < -0.39 is 0 Å². The van der Waals surface area contributed by atoms with Gasteiger partial charge in [-0.05, 0) is 23.5 Å². The van der Waals surface area contributed by atoms with Gasteiger partial charge in [-0.2, -0.15) is 0 Å². The Hall–Kier alpha value is -1.57. The largest absolute Gasteiger partial charge is 0.383 e. The van der Waals surface area contributed by atoms with Crippen LogP contribution in [0.15, 0.2) is 24.3 Å². The summed E-state index contributed by atoms with van der Waals surface area (Å²) in [6.07, 6.45) is 2.18. The molecule has 2 aromatic rings. The molecule has 1 aromatic heterocycles. The van der Waals surface area contributed by atoms with Gasteiger partial charge in [-0.25, -0.2) is 4.98 Å². The molecule has 0 fully saturated rings. The molecular formula is C16H22N2. The van der Waals surface area contributed by atoms with Gasteiger partial charge in [0.05, 0.1) is 5.52 Å². The van der Waals surface area contributed by atoms with E-state index in [-0.39, 0.29) is 5.41 Å². The monoisotopic (exact) mass is 242 g/mol. The maximum atomic E-state index is 6.13. The second-order valence-electron chi connectivity index (χ2n) is 5.91. The summed E-state index contributed by atoms with van der Waals surface area (Å²) < 4.78 is 0. The lowest BCUT2D eigenvalue weighted by molar-refractivity contribution is 0.591. The molecule has 96 valence electrons. The van der Waals surface area contributed by atoms with Gasteiger partial charge in [0.25, 0.3) is 0 Å². The molecule has 0 radical (unpaired) electrons. The van der Waals surface area contributed by atoms with Crippen LogP contribution in [-0.2, 0) is 11.8 Å². The van der Waals surface area contributed by atoms with Crippen molar-refractivity contribution in [2.45, 2.75) is 46.0 Å². The van der Waals surface area contributed by atoms with Crippen LogP contribution in [0.3, 0.4) is 0 Å². The summed E-state index contributed by atoms with van der Waals surface area (Å²) in [6.45, 7) is 8.69. The SMILES string of the molecule is CCCc1cccc2cc(C(C)(C)C)c(N)nc12. The fourth-order valence-corrected chi connectivity index (χ4v) is 2.35. The summed E-state index contributed by atoms with van der Waals surface area (Å²) in [5.74, 6) is 0.665. The standard InChI is InChI=1S/C16H22N2/c1-5-7-11-8-6-9-12-10-13(16(2,3)4)15(17)18-14(11)12/h6,8-10H,5,7H2,1-4H3,(H2,17,18). The van der Waals surface area contributed by atoms with Crippen LogP contribution in [0, 0.1) is 0 Å². The van der Waals surface area contributed by atoms with Crippen molar-refractivity contribution in [3.63, 3.8) is 0 Å². The van der Waals surface area contributed by atoms with E-state index in [1.54, 1.807) is 0 Å². The van der Waals surface area contributed by atoms with E-state index in [9.17, 15) is 0 Å². The van der Waals surface area contributed by atoms with Gasteiger partial charge in [0.15, 0.2) is 0 Å². The first-order chi connectivity index (χ1) is 8.43. The molecule has 2 nitrogen and oxygen atoms in total. The lowest BCUT2D eigenvalue weighted by Gasteiger charge is -2.21. The average molecular weight is 242 g/mol. The van der Waals surface area contributed by atoms with Crippen LogP contribution in [0.25, 0.3) is 10.9 Å². The lowest BCUT2D eigenvalue weighted by atomic mass is 9.86. The van der Waals surface area contributed by atoms with Crippen molar-refractivity contribution in [1.82, 2.24) is 4.98 Å². The van der Waals surface area contributed by atoms with E-state index in [4.69, 9.17) is 5.73 Å². The summed E-state index contributed by atoms with van der Waals surface area (Å²) >= 11 is 0. The number of nitrogens with zero attached hydrogens (tertiary/aromatic N) is 1. The number of fused-ring (bicyclic) bond motifs is 1. The van der Waals surface area contributed by atoms with Gasteiger partial charge in [-0.15, -0.1) is 0 Å². The molecule has 0 spiro atoms. The molecule has 0 saturated heterocycles. The maximum absolute atomic E-state index is 6.13. The number of aryl methyl sites for hydroxylation is 1. The third-order valence-corrected chi connectivity index (χ3v) is 3.29. The molecule has 0 aliphatic carbocycles. The quantitative estimate of drug-likeness (QED) is 0.862. The number of hydrogen-bond acceptors (Lipinski definition) is 2. The summed E-state index contributed by atoms with van der Waals surface area (Å²) in [6, 6.07) is 8.57. The number of hydrogen-bond donors (Lipinski definition) is 1. The highest BCUT2D eigenvalue weighted by molar-refractivity contribution is 5.84. The third kappa shape index (κ3) is 2.33. The molecule has 1 heterocycles. The molecule has 0 amide bonds. The highest BCUT2D eigenvalue weighted by Crippen LogP contribution is 2.30. The Morgan fingerprint density at radius 2 is 1.94 bits per heavy atom. The van der Waals surface area contributed by atoms with Crippen LogP contribution < -0.4 is 5.73 Å². The number of nitrogens with two attached hydrogens (primary N) is 1. The van der Waals surface area contributed by atoms with Crippen LogP contribution in [0.4, 0.5) is 5.82 Å². The van der Waals surface area contributed by atoms with Gasteiger partial charge < -0.3 is 5.73 Å². The number of nitrogen functional groups attached to an aromatic ring is 1. The van der Waals surface area contributed by atoms with Crippen LogP contribution in [0.5, 0.6) is 0 Å². The second kappa shape index (κ2) is 4.60. The van der Waals surface area contributed by atoms with Gasteiger partial charge >= 0.3 is 0 Å². The number of pyridine rings is 1. The lowest BCUT2D eigenvalue weighted by Crippen LogP contribution is -2.15. The molecule has 0 atom stereocenters. The molecule has 2 rings (SSSR count). The Bertz CT molecular complexity index is 565. The van der Waals surface area contributed by atoms with Crippen molar-refractivity contribution in [1.29, 1.82) is 0 Å². The van der Waals surface area contributed by atoms with E-state index in [1.807, 2.05) is 0 Å². The molecule has 18 heavy (non-hydrogen) atoms. The highest BCUT2D eigenvalue weighted by atomic mass is 14.8. The first kappa shape index (κ1) is 12.9. The fraction of sp³-hybridized carbons (Fsp3) is 0.438. The Morgan fingerprint density at radius 1 is 1.22 bits per heavy atom.